The second-order valence-corrected chi connectivity index (χ2v) is 3.66. The first-order valence-corrected chi connectivity index (χ1v) is 4.80. The molecule has 0 saturated carbocycles. The Labute approximate surface area is 78.6 Å². The van der Waals surface area contributed by atoms with Crippen LogP contribution in [0.5, 0.6) is 0 Å². The predicted molar refractivity (Wildman–Crippen MR) is 52.7 cm³/mol. The zero-order chi connectivity index (χ0) is 9.10. The normalized spacial score (nSPS) is 28.7. The highest BCUT2D eigenvalue weighted by Gasteiger charge is 2.20. The molecule has 2 N–H and O–H groups in total. The van der Waals surface area contributed by atoms with Crippen molar-refractivity contribution >= 4 is 0 Å². The molecule has 2 nitrogen and oxygen atoms in total. The smallest absolute Gasteiger partial charge is 0.0670 e. The number of aliphatic hydroxyl groups is 1. The van der Waals surface area contributed by atoms with Crippen LogP contribution in [0.4, 0.5) is 0 Å². The van der Waals surface area contributed by atoms with E-state index < -0.39 is 0 Å². The molecule has 1 saturated heterocycles. The molecule has 1 heterocycles. The highest BCUT2D eigenvalue weighted by molar-refractivity contribution is 5.20. The molecule has 0 unspecified atom stereocenters. The summed E-state index contributed by atoms with van der Waals surface area (Å²) in [6, 6.07) is 10.4. The van der Waals surface area contributed by atoms with E-state index >= 15 is 0 Å². The second-order valence-electron chi connectivity index (χ2n) is 3.66. The van der Waals surface area contributed by atoms with Crippen LogP contribution < -0.4 is 5.32 Å². The van der Waals surface area contributed by atoms with Gasteiger partial charge >= 0.3 is 0 Å². The van der Waals surface area contributed by atoms with Gasteiger partial charge in [0.2, 0.25) is 0 Å². The van der Waals surface area contributed by atoms with Crippen molar-refractivity contribution in [2.24, 2.45) is 0 Å². The molecule has 13 heavy (non-hydrogen) atoms. The number of benzene rings is 1. The molecule has 1 aliphatic heterocycles. The average Bonchev–Trinajstić information content (AvgIpc) is 2.19. The fraction of sp³-hybridized carbons (Fsp3) is 0.455. The lowest BCUT2D eigenvalue weighted by atomic mass is 9.90. The van der Waals surface area contributed by atoms with E-state index in [1.54, 1.807) is 0 Å². The van der Waals surface area contributed by atoms with Crippen LogP contribution in [0.25, 0.3) is 0 Å². The topological polar surface area (TPSA) is 32.3 Å². The van der Waals surface area contributed by atoms with E-state index in [0.717, 1.165) is 19.5 Å². The van der Waals surface area contributed by atoms with Crippen molar-refractivity contribution in [3.8, 4) is 0 Å². The standard InChI is InChI=1S/C11H15NO/c13-11-6-10(7-12-8-11)9-4-2-1-3-5-9/h1-5,10-13H,6-8H2/t10-,11+/m0/s1. The van der Waals surface area contributed by atoms with Gasteiger partial charge in [0.15, 0.2) is 0 Å². The van der Waals surface area contributed by atoms with Gasteiger partial charge in [-0.15, -0.1) is 0 Å². The highest BCUT2D eigenvalue weighted by Crippen LogP contribution is 2.22. The number of rotatable bonds is 1. The number of hydrogen-bond acceptors (Lipinski definition) is 2. The van der Waals surface area contributed by atoms with Crippen molar-refractivity contribution in [3.05, 3.63) is 35.9 Å². The van der Waals surface area contributed by atoms with Crippen LogP contribution >= 0.6 is 0 Å². The molecule has 2 heteroatoms. The molecule has 0 aromatic heterocycles. The van der Waals surface area contributed by atoms with Gasteiger partial charge in [-0.2, -0.15) is 0 Å². The van der Waals surface area contributed by atoms with Crippen LogP contribution in [-0.4, -0.2) is 24.3 Å². The summed E-state index contributed by atoms with van der Waals surface area (Å²) in [5.41, 5.74) is 1.33. The number of nitrogens with one attached hydrogen (secondary N) is 1. The Kier molecular flexibility index (Phi) is 2.62. The van der Waals surface area contributed by atoms with E-state index in [9.17, 15) is 5.11 Å². The van der Waals surface area contributed by atoms with Gasteiger partial charge in [0.25, 0.3) is 0 Å². The van der Waals surface area contributed by atoms with Crippen molar-refractivity contribution < 1.29 is 5.11 Å². The molecule has 2 rings (SSSR count). The number of aliphatic hydroxyl groups excluding tert-OH is 1. The second kappa shape index (κ2) is 3.90. The Hall–Kier alpha value is -0.860. The average molecular weight is 177 g/mol. The minimum atomic E-state index is -0.182. The molecule has 0 bridgehead atoms. The van der Waals surface area contributed by atoms with Crippen LogP contribution in [0, 0.1) is 0 Å². The first kappa shape index (κ1) is 8.73. The van der Waals surface area contributed by atoms with Gasteiger partial charge in [-0.25, -0.2) is 0 Å². The van der Waals surface area contributed by atoms with Gasteiger partial charge in [0, 0.05) is 13.1 Å². The van der Waals surface area contributed by atoms with Crippen molar-refractivity contribution in [3.63, 3.8) is 0 Å². The maximum atomic E-state index is 9.48. The first-order chi connectivity index (χ1) is 6.36. The molecule has 1 fully saturated rings. The molecule has 1 aromatic carbocycles. The van der Waals surface area contributed by atoms with Crippen LogP contribution in [0.3, 0.4) is 0 Å². The van der Waals surface area contributed by atoms with Gasteiger partial charge in [-0.05, 0) is 17.9 Å². The summed E-state index contributed by atoms with van der Waals surface area (Å²) in [5.74, 6) is 0.477. The zero-order valence-electron chi connectivity index (χ0n) is 7.61. The summed E-state index contributed by atoms with van der Waals surface area (Å²) >= 11 is 0. The van der Waals surface area contributed by atoms with E-state index in [0.29, 0.717) is 5.92 Å². The Balaban J connectivity index is 2.08. The van der Waals surface area contributed by atoms with Crippen molar-refractivity contribution in [2.75, 3.05) is 13.1 Å². The van der Waals surface area contributed by atoms with E-state index in [4.69, 9.17) is 0 Å². The third-order valence-corrected chi connectivity index (χ3v) is 2.60. The third-order valence-electron chi connectivity index (χ3n) is 2.60. The van der Waals surface area contributed by atoms with Gasteiger partial charge in [-0.1, -0.05) is 30.3 Å². The van der Waals surface area contributed by atoms with Crippen LogP contribution in [0.15, 0.2) is 30.3 Å². The maximum absolute atomic E-state index is 9.48. The van der Waals surface area contributed by atoms with Crippen LogP contribution in [0.1, 0.15) is 17.9 Å². The highest BCUT2D eigenvalue weighted by atomic mass is 16.3. The van der Waals surface area contributed by atoms with Crippen LogP contribution in [-0.2, 0) is 0 Å². The lowest BCUT2D eigenvalue weighted by Gasteiger charge is -2.27. The molecule has 0 spiro atoms. The predicted octanol–water partition coefficient (Wildman–Crippen LogP) is 1.12. The first-order valence-electron chi connectivity index (χ1n) is 4.80. The monoisotopic (exact) mass is 177 g/mol. The lowest BCUT2D eigenvalue weighted by Crippen LogP contribution is -2.38. The van der Waals surface area contributed by atoms with Crippen molar-refractivity contribution in [1.82, 2.24) is 5.32 Å². The molecule has 70 valence electrons. The molecule has 0 amide bonds. The third kappa shape index (κ3) is 2.08. The molecular formula is C11H15NO. The van der Waals surface area contributed by atoms with E-state index in [2.05, 4.69) is 29.6 Å². The summed E-state index contributed by atoms with van der Waals surface area (Å²) in [4.78, 5) is 0. The molecule has 1 aliphatic rings. The number of piperidine rings is 1. The molecule has 0 radical (unpaired) electrons. The van der Waals surface area contributed by atoms with Crippen LogP contribution in [0.2, 0.25) is 0 Å². The molecule has 2 atom stereocenters. The summed E-state index contributed by atoms with van der Waals surface area (Å²) in [6.07, 6.45) is 0.704. The SMILES string of the molecule is O[C@H]1CNC[C@@H](c2ccccc2)C1. The summed E-state index contributed by atoms with van der Waals surface area (Å²) in [7, 11) is 0. The number of β-amino-alcohol motifs (C(OH)–C–C–N with tert-alkyl or cyclic N) is 1. The molecular weight excluding hydrogens is 162 g/mol. The van der Waals surface area contributed by atoms with Gasteiger partial charge < -0.3 is 10.4 Å². The summed E-state index contributed by atoms with van der Waals surface area (Å²) in [6.45, 7) is 1.73. The zero-order valence-corrected chi connectivity index (χ0v) is 7.61. The van der Waals surface area contributed by atoms with Crippen molar-refractivity contribution in [2.45, 2.75) is 18.4 Å². The Morgan fingerprint density at radius 1 is 1.15 bits per heavy atom. The van der Waals surface area contributed by atoms with E-state index in [1.807, 2.05) is 6.07 Å². The van der Waals surface area contributed by atoms with Gasteiger partial charge in [0.1, 0.15) is 0 Å². The molecule has 0 aliphatic carbocycles. The van der Waals surface area contributed by atoms with Crippen molar-refractivity contribution in [1.29, 1.82) is 0 Å². The Bertz CT molecular complexity index is 260. The minimum Gasteiger partial charge on any atom is -0.392 e. The Morgan fingerprint density at radius 2 is 1.92 bits per heavy atom. The summed E-state index contributed by atoms with van der Waals surface area (Å²) < 4.78 is 0. The number of hydrogen-bond donors (Lipinski definition) is 2. The van der Waals surface area contributed by atoms with Gasteiger partial charge in [0.05, 0.1) is 6.10 Å². The largest absolute Gasteiger partial charge is 0.392 e. The molecule has 1 aromatic rings. The minimum absolute atomic E-state index is 0.182. The van der Waals surface area contributed by atoms with Gasteiger partial charge in [-0.3, -0.25) is 0 Å². The fourth-order valence-corrected chi connectivity index (χ4v) is 1.90. The fourth-order valence-electron chi connectivity index (χ4n) is 1.90. The van der Waals surface area contributed by atoms with E-state index in [1.165, 1.54) is 5.56 Å². The summed E-state index contributed by atoms with van der Waals surface area (Å²) in [5, 5.41) is 12.7. The quantitative estimate of drug-likeness (QED) is 0.674. The van der Waals surface area contributed by atoms with E-state index in [-0.39, 0.29) is 6.10 Å². The lowest BCUT2D eigenvalue weighted by molar-refractivity contribution is 0.132. The maximum Gasteiger partial charge on any atom is 0.0670 e. The Morgan fingerprint density at radius 3 is 2.62 bits per heavy atom.